The number of ether oxygens (including phenoxy) is 1. The standard InChI is InChI=1S/C14H20N4O6/c1-24-12-4-3-9(18(22)23)7-10(12)17-13(19)8-11(14(20)21)16-6-2-5-15/h3-4,7,11,16H,2,5-6,8,15H2,1H3,(H,17,19)(H,20,21)/t11-/m0/s1. The number of hydrogen-bond donors (Lipinski definition) is 4. The molecule has 0 aliphatic rings. The van der Waals surface area contributed by atoms with Gasteiger partial charge in [0.05, 0.1) is 24.1 Å². The number of carbonyl (C=O) groups is 2. The van der Waals surface area contributed by atoms with Crippen LogP contribution in [0.2, 0.25) is 0 Å². The molecule has 0 saturated carbocycles. The highest BCUT2D eigenvalue weighted by atomic mass is 16.6. The summed E-state index contributed by atoms with van der Waals surface area (Å²) in [5.74, 6) is -1.55. The number of nitro groups is 1. The van der Waals surface area contributed by atoms with E-state index in [-0.39, 0.29) is 23.5 Å². The number of nitrogens with two attached hydrogens (primary N) is 1. The van der Waals surface area contributed by atoms with Gasteiger partial charge in [0.15, 0.2) is 0 Å². The van der Waals surface area contributed by atoms with Crippen molar-refractivity contribution in [3.05, 3.63) is 28.3 Å². The molecule has 1 amide bonds. The summed E-state index contributed by atoms with van der Waals surface area (Å²) in [4.78, 5) is 33.4. The van der Waals surface area contributed by atoms with Crippen molar-refractivity contribution in [1.82, 2.24) is 5.32 Å². The fraction of sp³-hybridized carbons (Fsp3) is 0.429. The molecule has 0 aliphatic heterocycles. The Kier molecular flexibility index (Phi) is 7.59. The Balaban J connectivity index is 2.79. The van der Waals surface area contributed by atoms with Crippen molar-refractivity contribution in [2.45, 2.75) is 18.9 Å². The van der Waals surface area contributed by atoms with Gasteiger partial charge in [-0.05, 0) is 25.6 Å². The van der Waals surface area contributed by atoms with Crippen molar-refractivity contribution in [3.8, 4) is 5.75 Å². The van der Waals surface area contributed by atoms with Crippen LogP contribution in [-0.4, -0.2) is 48.1 Å². The third-order valence-electron chi connectivity index (χ3n) is 3.13. The van der Waals surface area contributed by atoms with E-state index in [0.29, 0.717) is 19.5 Å². The summed E-state index contributed by atoms with van der Waals surface area (Å²) in [5.41, 5.74) is 5.21. The second kappa shape index (κ2) is 9.43. The molecule has 0 heterocycles. The monoisotopic (exact) mass is 340 g/mol. The summed E-state index contributed by atoms with van der Waals surface area (Å²) >= 11 is 0. The SMILES string of the molecule is COc1ccc([N+](=O)[O-])cc1NC(=O)C[C@H](NCCCN)C(=O)O. The molecule has 0 aromatic heterocycles. The van der Waals surface area contributed by atoms with E-state index in [9.17, 15) is 19.7 Å². The van der Waals surface area contributed by atoms with E-state index in [4.69, 9.17) is 15.6 Å². The van der Waals surface area contributed by atoms with Crippen LogP contribution in [0.3, 0.4) is 0 Å². The first kappa shape index (κ1) is 19.3. The van der Waals surface area contributed by atoms with Gasteiger partial charge in [-0.1, -0.05) is 0 Å². The molecule has 10 nitrogen and oxygen atoms in total. The summed E-state index contributed by atoms with van der Waals surface area (Å²) in [6.45, 7) is 0.761. The Labute approximate surface area is 138 Å². The molecule has 1 aromatic rings. The number of non-ortho nitro benzene ring substituents is 1. The second-order valence-corrected chi connectivity index (χ2v) is 4.88. The number of aliphatic carboxylic acids is 1. The maximum atomic E-state index is 12.0. The number of nitro benzene ring substituents is 1. The molecule has 0 saturated heterocycles. The molecule has 132 valence electrons. The normalized spacial score (nSPS) is 11.6. The van der Waals surface area contributed by atoms with Crippen LogP contribution >= 0.6 is 0 Å². The molecule has 0 radical (unpaired) electrons. The molecule has 0 fully saturated rings. The number of carboxylic acid groups (broad SMARTS) is 1. The van der Waals surface area contributed by atoms with E-state index < -0.39 is 22.8 Å². The number of methoxy groups -OCH3 is 1. The highest BCUT2D eigenvalue weighted by molar-refractivity contribution is 5.95. The van der Waals surface area contributed by atoms with Gasteiger partial charge < -0.3 is 26.2 Å². The van der Waals surface area contributed by atoms with Crippen LogP contribution in [0.1, 0.15) is 12.8 Å². The predicted octanol–water partition coefficient (Wildman–Crippen LogP) is 0.324. The highest BCUT2D eigenvalue weighted by Crippen LogP contribution is 2.28. The van der Waals surface area contributed by atoms with Crippen molar-refractivity contribution in [2.75, 3.05) is 25.5 Å². The molecule has 24 heavy (non-hydrogen) atoms. The van der Waals surface area contributed by atoms with Gasteiger partial charge >= 0.3 is 5.97 Å². The zero-order valence-corrected chi connectivity index (χ0v) is 13.2. The number of amides is 1. The van der Waals surface area contributed by atoms with Gasteiger partial charge in [0.1, 0.15) is 11.8 Å². The number of carboxylic acids is 1. The number of benzene rings is 1. The van der Waals surface area contributed by atoms with Crippen LogP contribution in [0.5, 0.6) is 5.75 Å². The molecular weight excluding hydrogens is 320 g/mol. The topological polar surface area (TPSA) is 157 Å². The molecule has 0 unspecified atom stereocenters. The lowest BCUT2D eigenvalue weighted by atomic mass is 10.2. The molecule has 0 spiro atoms. The first-order valence-corrected chi connectivity index (χ1v) is 7.17. The smallest absolute Gasteiger partial charge is 0.321 e. The Morgan fingerprint density at radius 3 is 2.71 bits per heavy atom. The first-order chi connectivity index (χ1) is 11.4. The van der Waals surface area contributed by atoms with E-state index in [1.807, 2.05) is 0 Å². The summed E-state index contributed by atoms with van der Waals surface area (Å²) in [5, 5.41) is 25.1. The molecule has 1 atom stereocenters. The lowest BCUT2D eigenvalue weighted by Gasteiger charge is -2.15. The van der Waals surface area contributed by atoms with E-state index in [0.717, 1.165) is 6.07 Å². The Morgan fingerprint density at radius 1 is 1.46 bits per heavy atom. The Bertz CT molecular complexity index is 607. The number of anilines is 1. The van der Waals surface area contributed by atoms with Gasteiger partial charge in [-0.2, -0.15) is 0 Å². The van der Waals surface area contributed by atoms with Crippen molar-refractivity contribution in [1.29, 1.82) is 0 Å². The number of nitrogens with zero attached hydrogens (tertiary/aromatic N) is 1. The molecule has 5 N–H and O–H groups in total. The zero-order valence-electron chi connectivity index (χ0n) is 13.2. The Hall–Kier alpha value is -2.72. The zero-order chi connectivity index (χ0) is 18.1. The van der Waals surface area contributed by atoms with Crippen LogP contribution < -0.4 is 21.1 Å². The molecule has 1 aromatic carbocycles. The summed E-state index contributed by atoms with van der Waals surface area (Å²) < 4.78 is 5.03. The fourth-order valence-corrected chi connectivity index (χ4v) is 1.92. The van der Waals surface area contributed by atoms with E-state index in [1.165, 1.54) is 19.2 Å². The van der Waals surface area contributed by atoms with E-state index in [2.05, 4.69) is 10.6 Å². The number of carbonyl (C=O) groups excluding carboxylic acids is 1. The molecule has 10 heteroatoms. The van der Waals surface area contributed by atoms with Crippen LogP contribution in [0.25, 0.3) is 0 Å². The van der Waals surface area contributed by atoms with Gasteiger partial charge in [0.2, 0.25) is 5.91 Å². The van der Waals surface area contributed by atoms with E-state index in [1.54, 1.807) is 0 Å². The van der Waals surface area contributed by atoms with Gasteiger partial charge in [-0.15, -0.1) is 0 Å². The van der Waals surface area contributed by atoms with Gasteiger partial charge in [-0.25, -0.2) is 0 Å². The second-order valence-electron chi connectivity index (χ2n) is 4.88. The Morgan fingerprint density at radius 2 is 2.17 bits per heavy atom. The minimum atomic E-state index is -1.17. The molecule has 0 bridgehead atoms. The summed E-state index contributed by atoms with van der Waals surface area (Å²) in [6.07, 6.45) is 0.232. The largest absolute Gasteiger partial charge is 0.495 e. The van der Waals surface area contributed by atoms with Crippen LogP contribution in [-0.2, 0) is 9.59 Å². The van der Waals surface area contributed by atoms with Gasteiger partial charge in [0, 0.05) is 12.1 Å². The quantitative estimate of drug-likeness (QED) is 0.269. The van der Waals surface area contributed by atoms with Gasteiger partial charge in [-0.3, -0.25) is 19.7 Å². The number of rotatable bonds is 10. The summed E-state index contributed by atoms with van der Waals surface area (Å²) in [6, 6.07) is 2.65. The minimum absolute atomic E-state index is 0.0998. The third kappa shape index (κ3) is 5.82. The average molecular weight is 340 g/mol. The predicted molar refractivity (Wildman–Crippen MR) is 86.0 cm³/mol. The first-order valence-electron chi connectivity index (χ1n) is 7.17. The summed E-state index contributed by atoms with van der Waals surface area (Å²) in [7, 11) is 1.35. The number of nitrogens with one attached hydrogen (secondary N) is 2. The molecular formula is C14H20N4O6. The van der Waals surface area contributed by atoms with Crippen molar-refractivity contribution in [2.24, 2.45) is 5.73 Å². The van der Waals surface area contributed by atoms with Crippen molar-refractivity contribution in [3.63, 3.8) is 0 Å². The minimum Gasteiger partial charge on any atom is -0.495 e. The van der Waals surface area contributed by atoms with Crippen molar-refractivity contribution < 1.29 is 24.4 Å². The van der Waals surface area contributed by atoms with Crippen LogP contribution in [0, 0.1) is 10.1 Å². The maximum Gasteiger partial charge on any atom is 0.321 e. The van der Waals surface area contributed by atoms with Crippen LogP contribution in [0.4, 0.5) is 11.4 Å². The van der Waals surface area contributed by atoms with Crippen LogP contribution in [0.15, 0.2) is 18.2 Å². The van der Waals surface area contributed by atoms with Crippen molar-refractivity contribution >= 4 is 23.3 Å². The van der Waals surface area contributed by atoms with E-state index >= 15 is 0 Å². The highest BCUT2D eigenvalue weighted by Gasteiger charge is 2.21. The average Bonchev–Trinajstić information content (AvgIpc) is 2.53. The lowest BCUT2D eigenvalue weighted by molar-refractivity contribution is -0.384. The lowest BCUT2D eigenvalue weighted by Crippen LogP contribution is -2.40. The number of hydrogen-bond acceptors (Lipinski definition) is 7. The maximum absolute atomic E-state index is 12.0. The molecule has 1 rings (SSSR count). The molecule has 0 aliphatic carbocycles. The third-order valence-corrected chi connectivity index (χ3v) is 3.13. The van der Waals surface area contributed by atoms with Gasteiger partial charge in [0.25, 0.3) is 5.69 Å². The fourth-order valence-electron chi connectivity index (χ4n) is 1.92.